The van der Waals surface area contributed by atoms with Gasteiger partial charge in [0.15, 0.2) is 0 Å². The standard InChI is InChI=1S/C13H17ClFNO/c14-11-7-10(1-2-12(11)15)8-13(9-16)3-5-17-6-4-13/h1-2,7H,3-6,8-9,16H2. The molecule has 17 heavy (non-hydrogen) atoms. The van der Waals surface area contributed by atoms with Crippen LogP contribution in [0.15, 0.2) is 18.2 Å². The summed E-state index contributed by atoms with van der Waals surface area (Å²) in [6.45, 7) is 2.14. The summed E-state index contributed by atoms with van der Waals surface area (Å²) in [6.07, 6.45) is 2.75. The van der Waals surface area contributed by atoms with E-state index in [-0.39, 0.29) is 16.3 Å². The summed E-state index contributed by atoms with van der Waals surface area (Å²) < 4.78 is 18.4. The molecule has 0 bridgehead atoms. The third-order valence-corrected chi connectivity index (χ3v) is 3.84. The monoisotopic (exact) mass is 257 g/mol. The summed E-state index contributed by atoms with van der Waals surface area (Å²) in [5, 5.41) is 0.182. The van der Waals surface area contributed by atoms with Crippen LogP contribution in [0.5, 0.6) is 0 Å². The Morgan fingerprint density at radius 2 is 2.06 bits per heavy atom. The van der Waals surface area contributed by atoms with E-state index in [2.05, 4.69) is 0 Å². The highest BCUT2D eigenvalue weighted by Crippen LogP contribution is 2.34. The highest BCUT2D eigenvalue weighted by molar-refractivity contribution is 6.30. The molecule has 0 spiro atoms. The van der Waals surface area contributed by atoms with E-state index >= 15 is 0 Å². The Hall–Kier alpha value is -0.640. The van der Waals surface area contributed by atoms with Crippen molar-refractivity contribution in [3.05, 3.63) is 34.6 Å². The van der Waals surface area contributed by atoms with Crippen molar-refractivity contribution in [2.24, 2.45) is 11.1 Å². The zero-order chi connectivity index (χ0) is 12.3. The predicted molar refractivity (Wildman–Crippen MR) is 66.7 cm³/mol. The predicted octanol–water partition coefficient (Wildman–Crippen LogP) is 2.78. The van der Waals surface area contributed by atoms with E-state index in [4.69, 9.17) is 22.1 Å². The van der Waals surface area contributed by atoms with Gasteiger partial charge in [0, 0.05) is 13.2 Å². The highest BCUT2D eigenvalue weighted by Gasteiger charge is 2.31. The molecule has 1 aliphatic heterocycles. The van der Waals surface area contributed by atoms with Gasteiger partial charge in [-0.25, -0.2) is 4.39 Å². The summed E-state index contributed by atoms with van der Waals surface area (Å²) in [4.78, 5) is 0. The van der Waals surface area contributed by atoms with Gasteiger partial charge in [-0.1, -0.05) is 17.7 Å². The van der Waals surface area contributed by atoms with E-state index in [0.29, 0.717) is 6.54 Å². The molecule has 0 aromatic heterocycles. The number of halogens is 2. The molecular weight excluding hydrogens is 241 g/mol. The Morgan fingerprint density at radius 1 is 1.35 bits per heavy atom. The molecule has 94 valence electrons. The molecule has 0 aliphatic carbocycles. The van der Waals surface area contributed by atoms with Gasteiger partial charge in [0.05, 0.1) is 5.02 Å². The van der Waals surface area contributed by atoms with Crippen LogP contribution < -0.4 is 5.73 Å². The minimum absolute atomic E-state index is 0.0827. The van der Waals surface area contributed by atoms with Crippen molar-refractivity contribution in [2.75, 3.05) is 19.8 Å². The molecule has 0 saturated carbocycles. The fourth-order valence-corrected chi connectivity index (χ4v) is 2.54. The SMILES string of the molecule is NCC1(Cc2ccc(F)c(Cl)c2)CCOCC1. The van der Waals surface area contributed by atoms with Crippen molar-refractivity contribution in [2.45, 2.75) is 19.3 Å². The number of benzene rings is 1. The molecule has 0 radical (unpaired) electrons. The van der Waals surface area contributed by atoms with Gasteiger partial charge in [-0.2, -0.15) is 0 Å². The van der Waals surface area contributed by atoms with E-state index in [1.54, 1.807) is 12.1 Å². The maximum Gasteiger partial charge on any atom is 0.141 e. The number of nitrogens with two attached hydrogens (primary N) is 1. The molecule has 0 unspecified atom stereocenters. The van der Waals surface area contributed by atoms with Crippen molar-refractivity contribution in [3.8, 4) is 0 Å². The van der Waals surface area contributed by atoms with Crippen LogP contribution in [0.4, 0.5) is 4.39 Å². The molecule has 1 aliphatic rings. The maximum absolute atomic E-state index is 13.1. The molecule has 1 heterocycles. The fraction of sp³-hybridized carbons (Fsp3) is 0.538. The lowest BCUT2D eigenvalue weighted by molar-refractivity contribution is 0.0191. The second-order valence-corrected chi connectivity index (χ2v) is 5.15. The second-order valence-electron chi connectivity index (χ2n) is 4.74. The van der Waals surface area contributed by atoms with Crippen LogP contribution in [0, 0.1) is 11.2 Å². The normalized spacial score (nSPS) is 19.2. The average Bonchev–Trinajstić information content (AvgIpc) is 2.35. The number of hydrogen-bond donors (Lipinski definition) is 1. The van der Waals surface area contributed by atoms with Gasteiger partial charge in [-0.15, -0.1) is 0 Å². The van der Waals surface area contributed by atoms with E-state index in [0.717, 1.165) is 38.0 Å². The van der Waals surface area contributed by atoms with Crippen LogP contribution in [0.1, 0.15) is 18.4 Å². The largest absolute Gasteiger partial charge is 0.381 e. The third-order valence-electron chi connectivity index (χ3n) is 3.55. The van der Waals surface area contributed by atoms with Gasteiger partial charge in [-0.05, 0) is 48.9 Å². The van der Waals surface area contributed by atoms with Crippen molar-refractivity contribution in [1.82, 2.24) is 0 Å². The first kappa shape index (κ1) is 12.8. The quantitative estimate of drug-likeness (QED) is 0.904. The van der Waals surface area contributed by atoms with Gasteiger partial charge in [0.1, 0.15) is 5.82 Å². The van der Waals surface area contributed by atoms with E-state index in [1.807, 2.05) is 0 Å². The maximum atomic E-state index is 13.1. The Morgan fingerprint density at radius 3 is 2.65 bits per heavy atom. The van der Waals surface area contributed by atoms with Gasteiger partial charge in [0.25, 0.3) is 0 Å². The molecule has 0 atom stereocenters. The summed E-state index contributed by atoms with van der Waals surface area (Å²) >= 11 is 5.79. The molecule has 0 amide bonds. The third kappa shape index (κ3) is 2.97. The highest BCUT2D eigenvalue weighted by atomic mass is 35.5. The van der Waals surface area contributed by atoms with Crippen molar-refractivity contribution < 1.29 is 9.13 Å². The Balaban J connectivity index is 2.14. The number of ether oxygens (including phenoxy) is 1. The molecule has 1 aromatic rings. The van der Waals surface area contributed by atoms with Crippen LogP contribution in [-0.4, -0.2) is 19.8 Å². The lowest BCUT2D eigenvalue weighted by atomic mass is 9.75. The number of rotatable bonds is 3. The average molecular weight is 258 g/mol. The Labute approximate surface area is 106 Å². The zero-order valence-corrected chi connectivity index (χ0v) is 10.5. The van der Waals surface area contributed by atoms with Crippen molar-refractivity contribution >= 4 is 11.6 Å². The van der Waals surface area contributed by atoms with Gasteiger partial charge in [0.2, 0.25) is 0 Å². The van der Waals surface area contributed by atoms with Crippen LogP contribution in [-0.2, 0) is 11.2 Å². The Bertz CT molecular complexity index is 391. The van der Waals surface area contributed by atoms with Crippen LogP contribution in [0.2, 0.25) is 5.02 Å². The molecular formula is C13H17ClFNO. The smallest absolute Gasteiger partial charge is 0.141 e. The first-order valence-corrected chi connectivity index (χ1v) is 6.25. The summed E-state index contributed by atoms with van der Waals surface area (Å²) in [5.41, 5.74) is 7.02. The summed E-state index contributed by atoms with van der Waals surface area (Å²) in [5.74, 6) is -0.371. The lowest BCUT2D eigenvalue weighted by Gasteiger charge is -2.36. The summed E-state index contributed by atoms with van der Waals surface area (Å²) in [7, 11) is 0. The van der Waals surface area contributed by atoms with Gasteiger partial charge < -0.3 is 10.5 Å². The van der Waals surface area contributed by atoms with Crippen molar-refractivity contribution in [1.29, 1.82) is 0 Å². The molecule has 2 N–H and O–H groups in total. The molecule has 1 aromatic carbocycles. The van der Waals surface area contributed by atoms with E-state index in [9.17, 15) is 4.39 Å². The first-order valence-electron chi connectivity index (χ1n) is 5.87. The topological polar surface area (TPSA) is 35.2 Å². The minimum atomic E-state index is -0.371. The van der Waals surface area contributed by atoms with Gasteiger partial charge >= 0.3 is 0 Å². The van der Waals surface area contributed by atoms with Gasteiger partial charge in [-0.3, -0.25) is 0 Å². The fourth-order valence-electron chi connectivity index (χ4n) is 2.34. The lowest BCUT2D eigenvalue weighted by Crippen LogP contribution is -2.38. The zero-order valence-electron chi connectivity index (χ0n) is 9.72. The minimum Gasteiger partial charge on any atom is -0.381 e. The summed E-state index contributed by atoms with van der Waals surface area (Å²) in [6, 6.07) is 4.90. The van der Waals surface area contributed by atoms with Crippen LogP contribution in [0.25, 0.3) is 0 Å². The van der Waals surface area contributed by atoms with E-state index in [1.165, 1.54) is 6.07 Å². The molecule has 2 rings (SSSR count). The van der Waals surface area contributed by atoms with E-state index < -0.39 is 0 Å². The molecule has 1 fully saturated rings. The Kier molecular flexibility index (Phi) is 4.02. The second kappa shape index (κ2) is 5.34. The molecule has 1 saturated heterocycles. The van der Waals surface area contributed by atoms with Crippen LogP contribution >= 0.6 is 11.6 Å². The number of hydrogen-bond acceptors (Lipinski definition) is 2. The van der Waals surface area contributed by atoms with Crippen LogP contribution in [0.3, 0.4) is 0 Å². The molecule has 2 nitrogen and oxygen atoms in total. The molecule has 4 heteroatoms. The van der Waals surface area contributed by atoms with Crippen molar-refractivity contribution in [3.63, 3.8) is 0 Å². The first-order chi connectivity index (χ1) is 8.15.